The van der Waals surface area contributed by atoms with E-state index < -0.39 is 11.9 Å². The Balaban J connectivity index is 0.000000409. The molecule has 1 heterocycles. The first-order chi connectivity index (χ1) is 13.5. The van der Waals surface area contributed by atoms with Gasteiger partial charge in [0.1, 0.15) is 0 Å². The summed E-state index contributed by atoms with van der Waals surface area (Å²) in [7, 11) is 0. The molecular formula is C21H29N3O4. The summed E-state index contributed by atoms with van der Waals surface area (Å²) in [4.78, 5) is 20.9. The van der Waals surface area contributed by atoms with Gasteiger partial charge in [0.2, 0.25) is 0 Å². The van der Waals surface area contributed by atoms with Gasteiger partial charge in [0.05, 0.1) is 5.69 Å². The molecule has 3 rings (SSSR count). The van der Waals surface area contributed by atoms with Crippen molar-refractivity contribution in [3.8, 4) is 11.3 Å². The fourth-order valence-corrected chi connectivity index (χ4v) is 3.78. The molecule has 0 spiro atoms. The van der Waals surface area contributed by atoms with Crippen molar-refractivity contribution in [2.24, 2.45) is 0 Å². The molecule has 1 aliphatic rings. The second-order valence-corrected chi connectivity index (χ2v) is 6.95. The SMILES string of the molecule is CCCN(CCC)C1CCc2cccc(-c3cc[nH]n3)c2C1.O=C(O)C(=O)O. The summed E-state index contributed by atoms with van der Waals surface area (Å²) in [5, 5.41) is 22.1. The maximum Gasteiger partial charge on any atom is 0.414 e. The van der Waals surface area contributed by atoms with Gasteiger partial charge in [-0.3, -0.25) is 5.10 Å². The standard InChI is InChI=1S/C19H27N3.C2H2O4/c1-3-12-22(13-4-2)16-9-8-15-6-5-7-17(18(15)14-16)19-10-11-20-21-19;3-1(4)2(5)6/h5-7,10-11,16H,3-4,8-9,12-14H2,1-2H3,(H,20,21);(H,3,4)(H,5,6). The fourth-order valence-electron chi connectivity index (χ4n) is 3.78. The van der Waals surface area contributed by atoms with Crippen molar-refractivity contribution in [3.63, 3.8) is 0 Å². The van der Waals surface area contributed by atoms with Crippen LogP contribution in [0.5, 0.6) is 0 Å². The number of nitrogens with zero attached hydrogens (tertiary/aromatic N) is 2. The summed E-state index contributed by atoms with van der Waals surface area (Å²) < 4.78 is 0. The van der Waals surface area contributed by atoms with Gasteiger partial charge in [0.25, 0.3) is 0 Å². The van der Waals surface area contributed by atoms with E-state index in [1.165, 1.54) is 61.9 Å². The molecule has 152 valence electrons. The summed E-state index contributed by atoms with van der Waals surface area (Å²) in [6, 6.07) is 9.47. The molecule has 0 amide bonds. The number of benzene rings is 1. The molecule has 0 fully saturated rings. The normalized spacial score (nSPS) is 15.5. The van der Waals surface area contributed by atoms with Crippen LogP contribution in [0.3, 0.4) is 0 Å². The Morgan fingerprint density at radius 1 is 1.14 bits per heavy atom. The van der Waals surface area contributed by atoms with Crippen LogP contribution in [0.1, 0.15) is 44.2 Å². The molecule has 7 heteroatoms. The van der Waals surface area contributed by atoms with Gasteiger partial charge >= 0.3 is 11.9 Å². The molecular weight excluding hydrogens is 358 g/mol. The van der Waals surface area contributed by atoms with Gasteiger partial charge in [-0.05, 0) is 62.4 Å². The number of carbonyl (C=O) groups is 2. The fraction of sp³-hybridized carbons (Fsp3) is 0.476. The summed E-state index contributed by atoms with van der Waals surface area (Å²) in [5.41, 5.74) is 5.43. The monoisotopic (exact) mass is 387 g/mol. The molecule has 1 aromatic carbocycles. The zero-order chi connectivity index (χ0) is 20.5. The van der Waals surface area contributed by atoms with Gasteiger partial charge < -0.3 is 15.1 Å². The molecule has 0 radical (unpaired) electrons. The molecule has 1 unspecified atom stereocenters. The number of carboxylic acid groups (broad SMARTS) is 2. The molecule has 0 bridgehead atoms. The third-order valence-corrected chi connectivity index (χ3v) is 4.96. The molecule has 7 nitrogen and oxygen atoms in total. The Bertz CT molecular complexity index is 756. The number of aromatic nitrogens is 2. The van der Waals surface area contributed by atoms with Gasteiger partial charge in [-0.25, -0.2) is 9.59 Å². The van der Waals surface area contributed by atoms with E-state index in [1.54, 1.807) is 0 Å². The summed E-state index contributed by atoms with van der Waals surface area (Å²) in [6.07, 6.45) is 8.04. The van der Waals surface area contributed by atoms with Crippen molar-refractivity contribution in [2.75, 3.05) is 13.1 Å². The van der Waals surface area contributed by atoms with Gasteiger partial charge in [-0.15, -0.1) is 0 Å². The third kappa shape index (κ3) is 5.66. The van der Waals surface area contributed by atoms with E-state index in [0.29, 0.717) is 6.04 Å². The summed E-state index contributed by atoms with van der Waals surface area (Å²) >= 11 is 0. The smallest absolute Gasteiger partial charge is 0.414 e. The highest BCUT2D eigenvalue weighted by Gasteiger charge is 2.25. The number of hydrogen-bond donors (Lipinski definition) is 3. The highest BCUT2D eigenvalue weighted by Crippen LogP contribution is 2.32. The van der Waals surface area contributed by atoms with Crippen molar-refractivity contribution in [1.82, 2.24) is 15.1 Å². The van der Waals surface area contributed by atoms with E-state index in [2.05, 4.69) is 53.2 Å². The van der Waals surface area contributed by atoms with E-state index >= 15 is 0 Å². The highest BCUT2D eigenvalue weighted by atomic mass is 16.4. The van der Waals surface area contributed by atoms with E-state index in [0.717, 1.165) is 5.69 Å². The second-order valence-electron chi connectivity index (χ2n) is 6.95. The number of aliphatic carboxylic acids is 2. The maximum atomic E-state index is 9.10. The lowest BCUT2D eigenvalue weighted by Gasteiger charge is -2.35. The number of aryl methyl sites for hydroxylation is 1. The molecule has 1 aliphatic carbocycles. The zero-order valence-electron chi connectivity index (χ0n) is 16.5. The lowest BCUT2D eigenvalue weighted by molar-refractivity contribution is -0.159. The third-order valence-electron chi connectivity index (χ3n) is 4.96. The number of hydrogen-bond acceptors (Lipinski definition) is 4. The Labute approximate surface area is 165 Å². The van der Waals surface area contributed by atoms with Crippen LogP contribution in [-0.2, 0) is 22.4 Å². The van der Waals surface area contributed by atoms with Gasteiger partial charge in [0.15, 0.2) is 0 Å². The van der Waals surface area contributed by atoms with Gasteiger partial charge in [-0.1, -0.05) is 32.0 Å². The Kier molecular flexibility index (Phi) is 8.19. The largest absolute Gasteiger partial charge is 0.473 e. The van der Waals surface area contributed by atoms with Gasteiger partial charge in [-0.2, -0.15) is 5.10 Å². The minimum atomic E-state index is -1.82. The Morgan fingerprint density at radius 2 is 1.82 bits per heavy atom. The van der Waals surface area contributed by atoms with Crippen molar-refractivity contribution >= 4 is 11.9 Å². The van der Waals surface area contributed by atoms with Crippen LogP contribution in [0.4, 0.5) is 0 Å². The molecule has 0 aliphatic heterocycles. The molecule has 1 atom stereocenters. The van der Waals surface area contributed by atoms with E-state index in [-0.39, 0.29) is 0 Å². The van der Waals surface area contributed by atoms with Crippen molar-refractivity contribution in [3.05, 3.63) is 41.6 Å². The average Bonchev–Trinajstić information content (AvgIpc) is 3.22. The van der Waals surface area contributed by atoms with Gasteiger partial charge in [0, 0.05) is 17.8 Å². The number of carboxylic acids is 2. The number of H-pyrrole nitrogens is 1. The van der Waals surface area contributed by atoms with Crippen LogP contribution in [0.15, 0.2) is 30.5 Å². The number of nitrogens with one attached hydrogen (secondary N) is 1. The molecule has 1 aromatic heterocycles. The van der Waals surface area contributed by atoms with E-state index in [1.807, 2.05) is 6.20 Å². The van der Waals surface area contributed by atoms with E-state index in [4.69, 9.17) is 19.8 Å². The highest BCUT2D eigenvalue weighted by molar-refractivity contribution is 6.27. The minimum Gasteiger partial charge on any atom is -0.473 e. The Hall–Kier alpha value is -2.67. The first-order valence-corrected chi connectivity index (χ1v) is 9.79. The molecule has 2 aromatic rings. The van der Waals surface area contributed by atoms with Crippen LogP contribution in [0.2, 0.25) is 0 Å². The van der Waals surface area contributed by atoms with Crippen LogP contribution in [-0.4, -0.2) is 56.4 Å². The second kappa shape index (κ2) is 10.6. The quantitative estimate of drug-likeness (QED) is 0.657. The number of rotatable bonds is 6. The van der Waals surface area contributed by atoms with Crippen molar-refractivity contribution in [2.45, 2.75) is 52.0 Å². The first kappa shape index (κ1) is 21.6. The molecule has 28 heavy (non-hydrogen) atoms. The molecule has 0 saturated heterocycles. The van der Waals surface area contributed by atoms with Crippen LogP contribution in [0.25, 0.3) is 11.3 Å². The lowest BCUT2D eigenvalue weighted by atomic mass is 9.84. The minimum absolute atomic E-state index is 0.687. The molecule has 0 saturated carbocycles. The topological polar surface area (TPSA) is 107 Å². The summed E-state index contributed by atoms with van der Waals surface area (Å²) in [5.74, 6) is -3.65. The number of fused-ring (bicyclic) bond motifs is 1. The van der Waals surface area contributed by atoms with Crippen molar-refractivity contribution in [1.29, 1.82) is 0 Å². The number of aromatic amines is 1. The van der Waals surface area contributed by atoms with E-state index in [9.17, 15) is 0 Å². The Morgan fingerprint density at radius 3 is 2.36 bits per heavy atom. The van der Waals surface area contributed by atoms with Crippen LogP contribution in [0, 0.1) is 0 Å². The summed E-state index contributed by atoms with van der Waals surface area (Å²) in [6.45, 7) is 7.01. The molecule has 3 N–H and O–H groups in total. The average molecular weight is 387 g/mol. The predicted molar refractivity (Wildman–Crippen MR) is 107 cm³/mol. The van der Waals surface area contributed by atoms with Crippen LogP contribution < -0.4 is 0 Å². The first-order valence-electron chi connectivity index (χ1n) is 9.79. The predicted octanol–water partition coefficient (Wildman–Crippen LogP) is 3.21. The van der Waals surface area contributed by atoms with Crippen molar-refractivity contribution < 1.29 is 19.8 Å². The maximum absolute atomic E-state index is 9.10. The van der Waals surface area contributed by atoms with Crippen LogP contribution >= 0.6 is 0 Å². The lowest BCUT2D eigenvalue weighted by Crippen LogP contribution is -2.40. The zero-order valence-corrected chi connectivity index (χ0v) is 16.5.